The molecule has 2 heterocycles. The SMILES string of the molecule is CC(C)c1cc(C(=O)Nc2ncccc2Cl)cc(N)n1. The molecule has 0 bridgehead atoms. The van der Waals surface area contributed by atoms with Crippen molar-refractivity contribution in [2.75, 3.05) is 11.1 Å². The van der Waals surface area contributed by atoms with Crippen molar-refractivity contribution >= 4 is 29.1 Å². The first kappa shape index (κ1) is 14.3. The Morgan fingerprint density at radius 3 is 2.80 bits per heavy atom. The van der Waals surface area contributed by atoms with Crippen molar-refractivity contribution in [3.05, 3.63) is 46.7 Å². The zero-order valence-electron chi connectivity index (χ0n) is 11.2. The van der Waals surface area contributed by atoms with E-state index in [0.717, 1.165) is 5.69 Å². The van der Waals surface area contributed by atoms with E-state index in [-0.39, 0.29) is 11.8 Å². The van der Waals surface area contributed by atoms with Crippen molar-refractivity contribution in [2.24, 2.45) is 0 Å². The van der Waals surface area contributed by atoms with E-state index in [4.69, 9.17) is 17.3 Å². The largest absolute Gasteiger partial charge is 0.384 e. The lowest BCUT2D eigenvalue weighted by Gasteiger charge is -2.10. The lowest BCUT2D eigenvalue weighted by molar-refractivity contribution is 0.102. The zero-order chi connectivity index (χ0) is 14.7. The number of pyridine rings is 2. The van der Waals surface area contributed by atoms with E-state index in [1.807, 2.05) is 13.8 Å². The lowest BCUT2D eigenvalue weighted by atomic mass is 10.1. The van der Waals surface area contributed by atoms with E-state index in [2.05, 4.69) is 15.3 Å². The molecule has 6 heteroatoms. The minimum absolute atomic E-state index is 0.184. The topological polar surface area (TPSA) is 80.9 Å². The summed E-state index contributed by atoms with van der Waals surface area (Å²) in [5.74, 6) is 0.499. The van der Waals surface area contributed by atoms with Gasteiger partial charge < -0.3 is 11.1 Å². The molecule has 0 radical (unpaired) electrons. The van der Waals surface area contributed by atoms with Gasteiger partial charge in [-0.05, 0) is 30.2 Å². The number of nitrogens with two attached hydrogens (primary N) is 1. The van der Waals surface area contributed by atoms with E-state index in [9.17, 15) is 4.79 Å². The Morgan fingerprint density at radius 2 is 2.15 bits per heavy atom. The monoisotopic (exact) mass is 290 g/mol. The molecular weight excluding hydrogens is 276 g/mol. The number of hydrogen-bond acceptors (Lipinski definition) is 4. The summed E-state index contributed by atoms with van der Waals surface area (Å²) in [4.78, 5) is 20.4. The van der Waals surface area contributed by atoms with E-state index in [1.165, 1.54) is 6.07 Å². The molecule has 104 valence electrons. The molecule has 0 aliphatic heterocycles. The van der Waals surface area contributed by atoms with Crippen molar-refractivity contribution in [3.8, 4) is 0 Å². The number of nitrogens with one attached hydrogen (secondary N) is 1. The number of halogens is 1. The molecule has 2 rings (SSSR count). The molecule has 0 aliphatic carbocycles. The molecule has 0 atom stereocenters. The Bertz CT molecular complexity index is 643. The highest BCUT2D eigenvalue weighted by Crippen LogP contribution is 2.20. The van der Waals surface area contributed by atoms with Crippen molar-refractivity contribution in [1.29, 1.82) is 0 Å². The Kier molecular flexibility index (Phi) is 4.20. The maximum atomic E-state index is 12.2. The van der Waals surface area contributed by atoms with Gasteiger partial charge in [-0.15, -0.1) is 0 Å². The second-order valence-electron chi connectivity index (χ2n) is 4.65. The number of carbonyl (C=O) groups is 1. The fraction of sp³-hybridized carbons (Fsp3) is 0.214. The van der Waals surface area contributed by atoms with E-state index >= 15 is 0 Å². The van der Waals surface area contributed by atoms with Gasteiger partial charge >= 0.3 is 0 Å². The van der Waals surface area contributed by atoms with Crippen LogP contribution in [0.5, 0.6) is 0 Å². The van der Waals surface area contributed by atoms with Crippen LogP contribution in [0.15, 0.2) is 30.5 Å². The number of aromatic nitrogens is 2. The molecule has 5 nitrogen and oxygen atoms in total. The summed E-state index contributed by atoms with van der Waals surface area (Å²) in [6.45, 7) is 3.97. The van der Waals surface area contributed by atoms with Crippen LogP contribution in [0.25, 0.3) is 0 Å². The molecule has 0 saturated carbocycles. The van der Waals surface area contributed by atoms with Gasteiger partial charge in [0.1, 0.15) is 5.82 Å². The molecule has 0 saturated heterocycles. The number of nitrogen functional groups attached to an aromatic ring is 1. The van der Waals surface area contributed by atoms with Crippen LogP contribution < -0.4 is 11.1 Å². The first-order chi connectivity index (χ1) is 9.47. The Morgan fingerprint density at radius 1 is 1.40 bits per heavy atom. The predicted molar refractivity (Wildman–Crippen MR) is 79.9 cm³/mol. The van der Waals surface area contributed by atoms with Crippen LogP contribution in [0.3, 0.4) is 0 Å². The number of hydrogen-bond donors (Lipinski definition) is 2. The van der Waals surface area contributed by atoms with Crippen LogP contribution in [0.1, 0.15) is 35.8 Å². The fourth-order valence-electron chi connectivity index (χ4n) is 1.66. The number of carbonyl (C=O) groups excluding carboxylic acids is 1. The molecule has 2 aromatic rings. The van der Waals surface area contributed by atoms with Crippen LogP contribution in [-0.4, -0.2) is 15.9 Å². The number of nitrogens with zero attached hydrogens (tertiary/aromatic N) is 2. The van der Waals surface area contributed by atoms with Gasteiger partial charge in [-0.25, -0.2) is 9.97 Å². The van der Waals surface area contributed by atoms with Crippen molar-refractivity contribution in [3.63, 3.8) is 0 Å². The predicted octanol–water partition coefficient (Wildman–Crippen LogP) is 3.09. The molecule has 1 amide bonds. The van der Waals surface area contributed by atoms with E-state index in [0.29, 0.717) is 22.2 Å². The molecule has 0 aliphatic rings. The smallest absolute Gasteiger partial charge is 0.257 e. The van der Waals surface area contributed by atoms with Gasteiger partial charge in [-0.3, -0.25) is 4.79 Å². The summed E-state index contributed by atoms with van der Waals surface area (Å²) in [7, 11) is 0. The van der Waals surface area contributed by atoms with Crippen LogP contribution in [0.2, 0.25) is 5.02 Å². The Balaban J connectivity index is 2.28. The molecule has 0 aromatic carbocycles. The van der Waals surface area contributed by atoms with Crippen LogP contribution in [0.4, 0.5) is 11.6 Å². The molecule has 20 heavy (non-hydrogen) atoms. The number of amides is 1. The van der Waals surface area contributed by atoms with E-state index < -0.39 is 0 Å². The number of anilines is 2. The van der Waals surface area contributed by atoms with Crippen LogP contribution >= 0.6 is 11.6 Å². The molecule has 0 unspecified atom stereocenters. The minimum Gasteiger partial charge on any atom is -0.384 e. The second-order valence-corrected chi connectivity index (χ2v) is 5.06. The maximum Gasteiger partial charge on any atom is 0.257 e. The van der Waals surface area contributed by atoms with Crippen LogP contribution in [0, 0.1) is 0 Å². The summed E-state index contributed by atoms with van der Waals surface area (Å²) in [6.07, 6.45) is 1.56. The third-order valence-corrected chi connectivity index (χ3v) is 3.01. The summed E-state index contributed by atoms with van der Waals surface area (Å²) in [6, 6.07) is 6.59. The van der Waals surface area contributed by atoms with Gasteiger partial charge in [-0.2, -0.15) is 0 Å². The summed E-state index contributed by atoms with van der Waals surface area (Å²) in [5, 5.41) is 3.04. The Hall–Kier alpha value is -2.14. The first-order valence-corrected chi connectivity index (χ1v) is 6.54. The summed E-state index contributed by atoms with van der Waals surface area (Å²) >= 11 is 5.95. The molecular formula is C14H15ClN4O. The van der Waals surface area contributed by atoms with Gasteiger partial charge in [0.2, 0.25) is 0 Å². The molecule has 0 spiro atoms. The number of rotatable bonds is 3. The highest BCUT2D eigenvalue weighted by Gasteiger charge is 2.12. The molecule has 2 aromatic heterocycles. The normalized spacial score (nSPS) is 10.6. The van der Waals surface area contributed by atoms with E-state index in [1.54, 1.807) is 24.4 Å². The highest BCUT2D eigenvalue weighted by molar-refractivity contribution is 6.33. The standard InChI is InChI=1S/C14H15ClN4O/c1-8(2)11-6-9(7-12(16)18-11)14(20)19-13-10(15)4-3-5-17-13/h3-8H,1-2H3,(H2,16,18)(H,17,19,20). The maximum absolute atomic E-state index is 12.2. The van der Waals surface area contributed by atoms with Crippen molar-refractivity contribution in [1.82, 2.24) is 9.97 Å². The first-order valence-electron chi connectivity index (χ1n) is 6.16. The summed E-state index contributed by atoms with van der Waals surface area (Å²) < 4.78 is 0. The van der Waals surface area contributed by atoms with Crippen molar-refractivity contribution in [2.45, 2.75) is 19.8 Å². The fourth-order valence-corrected chi connectivity index (χ4v) is 1.83. The van der Waals surface area contributed by atoms with Gasteiger partial charge in [0.05, 0.1) is 5.02 Å². The Labute approximate surface area is 122 Å². The molecule has 3 N–H and O–H groups in total. The second kappa shape index (κ2) is 5.88. The average molecular weight is 291 g/mol. The highest BCUT2D eigenvalue weighted by atomic mass is 35.5. The third-order valence-electron chi connectivity index (χ3n) is 2.71. The van der Waals surface area contributed by atoms with Gasteiger partial charge in [0, 0.05) is 17.5 Å². The zero-order valence-corrected chi connectivity index (χ0v) is 12.0. The minimum atomic E-state index is -0.318. The third kappa shape index (κ3) is 3.24. The molecule has 0 fully saturated rings. The van der Waals surface area contributed by atoms with Gasteiger partial charge in [0.15, 0.2) is 5.82 Å². The average Bonchev–Trinajstić information content (AvgIpc) is 2.40. The van der Waals surface area contributed by atoms with Gasteiger partial charge in [-0.1, -0.05) is 25.4 Å². The lowest BCUT2D eigenvalue weighted by Crippen LogP contribution is -2.15. The quantitative estimate of drug-likeness (QED) is 0.910. The van der Waals surface area contributed by atoms with Crippen LogP contribution in [-0.2, 0) is 0 Å². The summed E-state index contributed by atoms with van der Waals surface area (Å²) in [5.41, 5.74) is 6.92. The van der Waals surface area contributed by atoms with Gasteiger partial charge in [0.25, 0.3) is 5.91 Å². The van der Waals surface area contributed by atoms with Crippen molar-refractivity contribution < 1.29 is 4.79 Å².